The van der Waals surface area contributed by atoms with Crippen LogP contribution in [0.5, 0.6) is 5.75 Å². The number of carbonyl (C=O) groups excluding carboxylic acids is 1. The van der Waals surface area contributed by atoms with Crippen molar-refractivity contribution in [1.82, 2.24) is 10.2 Å². The van der Waals surface area contributed by atoms with Gasteiger partial charge in [-0.05, 0) is 68.0 Å². The van der Waals surface area contributed by atoms with Gasteiger partial charge in [0.15, 0.2) is 0 Å². The second kappa shape index (κ2) is 9.94. The smallest absolute Gasteiger partial charge is 0.263 e. The number of rotatable bonds is 9. The quantitative estimate of drug-likeness (QED) is 0.494. The Labute approximate surface area is 195 Å². The first-order chi connectivity index (χ1) is 15.9. The fourth-order valence-corrected chi connectivity index (χ4v) is 4.40. The number of nitrogens with zero attached hydrogens (tertiary/aromatic N) is 3. The molecule has 0 bridgehead atoms. The number of halogens is 1. The number of anilines is 1. The Bertz CT molecular complexity index is 1130. The summed E-state index contributed by atoms with van der Waals surface area (Å²) in [5, 5.41) is 28.2. The summed E-state index contributed by atoms with van der Waals surface area (Å²) in [6.45, 7) is 3.89. The zero-order chi connectivity index (χ0) is 23.5. The predicted octanol–water partition coefficient (Wildman–Crippen LogP) is 3.75. The van der Waals surface area contributed by atoms with Crippen molar-refractivity contribution in [3.05, 3.63) is 58.9 Å². The Morgan fingerprint density at radius 1 is 1.24 bits per heavy atom. The van der Waals surface area contributed by atoms with Crippen molar-refractivity contribution in [3.63, 3.8) is 0 Å². The van der Waals surface area contributed by atoms with E-state index in [0.29, 0.717) is 28.4 Å². The van der Waals surface area contributed by atoms with Crippen LogP contribution in [0, 0.1) is 25.6 Å². The van der Waals surface area contributed by atoms with Gasteiger partial charge in [-0.15, -0.1) is 10.2 Å². The second-order valence-electron chi connectivity index (χ2n) is 8.32. The number of aromatic nitrogens is 2. The zero-order valence-electron chi connectivity index (χ0n) is 18.5. The van der Waals surface area contributed by atoms with E-state index in [4.69, 9.17) is 9.84 Å². The first-order valence-corrected chi connectivity index (χ1v) is 11.6. The van der Waals surface area contributed by atoms with Gasteiger partial charge in [-0.25, -0.2) is 4.39 Å². The van der Waals surface area contributed by atoms with Gasteiger partial charge in [-0.3, -0.25) is 9.69 Å². The van der Waals surface area contributed by atoms with Gasteiger partial charge in [0.1, 0.15) is 29.3 Å². The molecule has 0 radical (unpaired) electrons. The van der Waals surface area contributed by atoms with Gasteiger partial charge in [0.2, 0.25) is 5.13 Å². The van der Waals surface area contributed by atoms with Crippen LogP contribution in [-0.4, -0.2) is 52.2 Å². The van der Waals surface area contributed by atoms with Gasteiger partial charge in [-0.2, -0.15) is 0 Å². The zero-order valence-corrected chi connectivity index (χ0v) is 19.3. The van der Waals surface area contributed by atoms with Crippen LogP contribution in [0.2, 0.25) is 0 Å². The number of hydrogen-bond acceptors (Lipinski definition) is 7. The average Bonchev–Trinajstić information content (AvgIpc) is 3.49. The largest absolute Gasteiger partial charge is 0.490 e. The molecule has 1 fully saturated rings. The summed E-state index contributed by atoms with van der Waals surface area (Å²) in [5.41, 5.74) is 2.55. The number of ether oxygens (including phenoxy) is 1. The lowest BCUT2D eigenvalue weighted by molar-refractivity contribution is 0.0532. The molecule has 174 valence electrons. The Balaban J connectivity index is 1.60. The van der Waals surface area contributed by atoms with Gasteiger partial charge in [0.25, 0.3) is 5.91 Å². The Hall–Kier alpha value is -2.88. The van der Waals surface area contributed by atoms with Crippen LogP contribution < -0.4 is 9.64 Å². The summed E-state index contributed by atoms with van der Waals surface area (Å²) >= 11 is 1.28. The minimum Gasteiger partial charge on any atom is -0.490 e. The van der Waals surface area contributed by atoms with Gasteiger partial charge in [-0.1, -0.05) is 23.5 Å². The highest BCUT2D eigenvalue weighted by Crippen LogP contribution is 2.37. The molecule has 0 saturated heterocycles. The van der Waals surface area contributed by atoms with E-state index in [-0.39, 0.29) is 18.8 Å². The summed E-state index contributed by atoms with van der Waals surface area (Å²) in [5.74, 6) is 0.0618. The second-order valence-corrected chi connectivity index (χ2v) is 9.27. The monoisotopic (exact) mass is 471 g/mol. The van der Waals surface area contributed by atoms with Gasteiger partial charge in [0.05, 0.1) is 12.2 Å². The maximum absolute atomic E-state index is 14.3. The van der Waals surface area contributed by atoms with E-state index in [1.54, 1.807) is 12.1 Å². The number of aryl methyl sites for hydroxylation is 2. The summed E-state index contributed by atoms with van der Waals surface area (Å²) in [4.78, 5) is 14.7. The number of aliphatic hydroxyl groups excluding tert-OH is 2. The van der Waals surface area contributed by atoms with Crippen molar-refractivity contribution in [2.75, 3.05) is 24.7 Å². The summed E-state index contributed by atoms with van der Waals surface area (Å²) in [6.07, 6.45) is 1.13. The summed E-state index contributed by atoms with van der Waals surface area (Å²) in [7, 11) is 0. The molecule has 7 nitrogen and oxygen atoms in total. The highest BCUT2D eigenvalue weighted by atomic mass is 32.1. The standard InChI is InChI=1S/C24H26FN3O4S/c1-14-9-17(10-15(2)21(14)32-13-18(30)12-29)22-26-27-24(33-22)28(11-16-7-8-16)23(31)19-5-3-4-6-20(19)25/h3-6,9-10,16,18,29-30H,7-8,11-13H2,1-2H3. The van der Waals surface area contributed by atoms with E-state index in [0.717, 1.165) is 29.5 Å². The molecule has 1 saturated carbocycles. The molecule has 2 N–H and O–H groups in total. The van der Waals surface area contributed by atoms with Crippen LogP contribution in [0.15, 0.2) is 36.4 Å². The molecule has 0 spiro atoms. The molecule has 1 aliphatic rings. The molecule has 1 aromatic heterocycles. The molecular weight excluding hydrogens is 445 g/mol. The lowest BCUT2D eigenvalue weighted by Crippen LogP contribution is -2.33. The minimum absolute atomic E-state index is 0.00519. The molecule has 33 heavy (non-hydrogen) atoms. The third kappa shape index (κ3) is 5.38. The van der Waals surface area contributed by atoms with Gasteiger partial charge >= 0.3 is 0 Å². The molecule has 0 aliphatic heterocycles. The van der Waals surface area contributed by atoms with Crippen molar-refractivity contribution in [2.24, 2.45) is 5.92 Å². The topological polar surface area (TPSA) is 95.8 Å². The van der Waals surface area contributed by atoms with Crippen LogP contribution in [0.25, 0.3) is 10.6 Å². The molecule has 1 amide bonds. The molecule has 1 unspecified atom stereocenters. The Morgan fingerprint density at radius 3 is 2.58 bits per heavy atom. The first kappa shape index (κ1) is 23.3. The highest BCUT2D eigenvalue weighted by Gasteiger charge is 2.31. The van der Waals surface area contributed by atoms with E-state index in [1.165, 1.54) is 28.4 Å². The number of hydrogen-bond donors (Lipinski definition) is 2. The van der Waals surface area contributed by atoms with Crippen molar-refractivity contribution in [1.29, 1.82) is 0 Å². The van der Waals surface area contributed by atoms with E-state index < -0.39 is 17.8 Å². The summed E-state index contributed by atoms with van der Waals surface area (Å²) in [6, 6.07) is 9.78. The van der Waals surface area contributed by atoms with Crippen LogP contribution >= 0.6 is 11.3 Å². The van der Waals surface area contributed by atoms with Crippen molar-refractivity contribution >= 4 is 22.4 Å². The van der Waals surface area contributed by atoms with Crippen LogP contribution in [-0.2, 0) is 0 Å². The number of carbonyl (C=O) groups is 1. The molecule has 4 rings (SSSR count). The fourth-order valence-electron chi connectivity index (χ4n) is 3.56. The predicted molar refractivity (Wildman–Crippen MR) is 124 cm³/mol. The van der Waals surface area contributed by atoms with Crippen LogP contribution in [0.1, 0.15) is 34.3 Å². The van der Waals surface area contributed by atoms with E-state index in [2.05, 4.69) is 10.2 Å². The third-order valence-corrected chi connectivity index (χ3v) is 6.47. The van der Waals surface area contributed by atoms with E-state index >= 15 is 0 Å². The molecular formula is C24H26FN3O4S. The van der Waals surface area contributed by atoms with Crippen LogP contribution in [0.4, 0.5) is 9.52 Å². The molecule has 9 heteroatoms. The van der Waals surface area contributed by atoms with Gasteiger partial charge < -0.3 is 14.9 Å². The molecule has 1 aliphatic carbocycles. The van der Waals surface area contributed by atoms with E-state index in [9.17, 15) is 14.3 Å². The first-order valence-electron chi connectivity index (χ1n) is 10.8. The lowest BCUT2D eigenvalue weighted by Gasteiger charge is -2.19. The average molecular weight is 472 g/mol. The SMILES string of the molecule is Cc1cc(-c2nnc(N(CC3CC3)C(=O)c3ccccc3F)s2)cc(C)c1OCC(O)CO. The van der Waals surface area contributed by atoms with E-state index in [1.807, 2.05) is 26.0 Å². The lowest BCUT2D eigenvalue weighted by atomic mass is 10.1. The molecule has 1 heterocycles. The third-order valence-electron chi connectivity index (χ3n) is 5.47. The molecule has 1 atom stereocenters. The number of amides is 1. The van der Waals surface area contributed by atoms with Crippen molar-refractivity contribution in [3.8, 4) is 16.3 Å². The summed E-state index contributed by atoms with van der Waals surface area (Å²) < 4.78 is 19.9. The normalized spacial score (nSPS) is 14.2. The van der Waals surface area contributed by atoms with Crippen LogP contribution in [0.3, 0.4) is 0 Å². The van der Waals surface area contributed by atoms with Crippen molar-refractivity contribution < 1.29 is 24.1 Å². The number of benzene rings is 2. The van der Waals surface area contributed by atoms with Crippen molar-refractivity contribution in [2.45, 2.75) is 32.8 Å². The molecule has 3 aromatic rings. The van der Waals surface area contributed by atoms with Gasteiger partial charge in [0, 0.05) is 12.1 Å². The Kier molecular flexibility index (Phi) is 7.02. The number of aliphatic hydroxyl groups is 2. The maximum Gasteiger partial charge on any atom is 0.263 e. The minimum atomic E-state index is -0.946. The maximum atomic E-state index is 14.3. The Morgan fingerprint density at radius 2 is 1.94 bits per heavy atom. The fraction of sp³-hybridized carbons (Fsp3) is 0.375. The molecule has 2 aromatic carbocycles. The highest BCUT2D eigenvalue weighted by molar-refractivity contribution is 7.18.